The first kappa shape index (κ1) is 16.6. The van der Waals surface area contributed by atoms with Gasteiger partial charge in [-0.2, -0.15) is 0 Å². The van der Waals surface area contributed by atoms with Gasteiger partial charge in [-0.1, -0.05) is 60.9 Å². The summed E-state index contributed by atoms with van der Waals surface area (Å²) in [6.45, 7) is 3.19. The van der Waals surface area contributed by atoms with E-state index in [1.807, 2.05) is 6.20 Å². The van der Waals surface area contributed by atoms with Gasteiger partial charge in [0.15, 0.2) is 5.16 Å². The summed E-state index contributed by atoms with van der Waals surface area (Å²) in [6.07, 6.45) is 8.53. The number of benzene rings is 1. The number of aliphatic hydroxyl groups is 1. The van der Waals surface area contributed by atoms with Crippen LogP contribution < -0.4 is 0 Å². The van der Waals surface area contributed by atoms with E-state index in [1.165, 1.54) is 43.2 Å². The lowest BCUT2D eigenvalue weighted by Gasteiger charge is -2.23. The van der Waals surface area contributed by atoms with Crippen molar-refractivity contribution in [1.82, 2.24) is 9.55 Å². The molecule has 4 heteroatoms. The first-order valence-corrected chi connectivity index (χ1v) is 9.58. The zero-order valence-electron chi connectivity index (χ0n) is 13.9. The maximum Gasteiger partial charge on any atom is 0.168 e. The summed E-state index contributed by atoms with van der Waals surface area (Å²) in [5.41, 5.74) is 3.56. The molecule has 0 atom stereocenters. The number of hydrogen-bond donors (Lipinski definition) is 1. The normalized spacial score (nSPS) is 15.9. The summed E-state index contributed by atoms with van der Waals surface area (Å²) < 4.78 is 2.24. The highest BCUT2D eigenvalue weighted by molar-refractivity contribution is 7.98. The molecule has 0 amide bonds. The second-order valence-electron chi connectivity index (χ2n) is 6.58. The van der Waals surface area contributed by atoms with Crippen molar-refractivity contribution in [1.29, 1.82) is 0 Å². The van der Waals surface area contributed by atoms with Crippen molar-refractivity contribution in [3.05, 3.63) is 47.3 Å². The number of nitrogens with zero attached hydrogens (tertiary/aromatic N) is 2. The molecule has 124 valence electrons. The number of aromatic nitrogens is 2. The second-order valence-corrected chi connectivity index (χ2v) is 7.52. The second kappa shape index (κ2) is 8.02. The van der Waals surface area contributed by atoms with Crippen LogP contribution in [0, 0.1) is 12.8 Å². The molecule has 1 aromatic heterocycles. The molecule has 0 aliphatic heterocycles. The van der Waals surface area contributed by atoms with E-state index in [4.69, 9.17) is 0 Å². The van der Waals surface area contributed by atoms with Crippen LogP contribution in [0.25, 0.3) is 0 Å². The van der Waals surface area contributed by atoms with Gasteiger partial charge in [0.1, 0.15) is 0 Å². The van der Waals surface area contributed by atoms with Crippen LogP contribution in [-0.4, -0.2) is 14.7 Å². The Morgan fingerprint density at radius 2 is 1.91 bits per heavy atom. The van der Waals surface area contributed by atoms with Crippen molar-refractivity contribution >= 4 is 11.8 Å². The predicted octanol–water partition coefficient (Wildman–Crippen LogP) is 4.56. The summed E-state index contributed by atoms with van der Waals surface area (Å²) in [5.74, 6) is 1.66. The van der Waals surface area contributed by atoms with Crippen molar-refractivity contribution in [2.24, 2.45) is 5.92 Å². The van der Waals surface area contributed by atoms with Crippen molar-refractivity contribution in [2.75, 3.05) is 0 Å². The first-order valence-electron chi connectivity index (χ1n) is 8.60. The van der Waals surface area contributed by atoms with Gasteiger partial charge in [-0.3, -0.25) is 0 Å². The lowest BCUT2D eigenvalue weighted by Crippen LogP contribution is -2.16. The van der Waals surface area contributed by atoms with Crippen LogP contribution in [0.3, 0.4) is 0 Å². The standard InChI is InChI=1S/C19H26N2OS/c1-15-7-9-17(10-8-15)14-23-19-20-11-18(13-22)21(19)12-16-5-3-2-4-6-16/h7-11,16,22H,2-6,12-14H2,1H3. The van der Waals surface area contributed by atoms with Crippen molar-refractivity contribution in [3.8, 4) is 0 Å². The van der Waals surface area contributed by atoms with E-state index in [-0.39, 0.29) is 6.61 Å². The first-order chi connectivity index (χ1) is 11.3. The molecule has 3 nitrogen and oxygen atoms in total. The fourth-order valence-electron chi connectivity index (χ4n) is 3.29. The molecule has 1 fully saturated rings. The highest BCUT2D eigenvalue weighted by Crippen LogP contribution is 2.29. The van der Waals surface area contributed by atoms with Gasteiger partial charge < -0.3 is 9.67 Å². The van der Waals surface area contributed by atoms with Gasteiger partial charge in [0.25, 0.3) is 0 Å². The summed E-state index contributed by atoms with van der Waals surface area (Å²) >= 11 is 1.77. The molecule has 0 radical (unpaired) electrons. The molecule has 0 unspecified atom stereocenters. The van der Waals surface area contributed by atoms with Gasteiger partial charge >= 0.3 is 0 Å². The van der Waals surface area contributed by atoms with Gasteiger partial charge in [-0.15, -0.1) is 0 Å². The highest BCUT2D eigenvalue weighted by Gasteiger charge is 2.18. The number of aliphatic hydroxyl groups excluding tert-OH is 1. The molecule has 0 spiro atoms. The van der Waals surface area contributed by atoms with Crippen molar-refractivity contribution in [3.63, 3.8) is 0 Å². The molecule has 1 aromatic carbocycles. The van der Waals surface area contributed by atoms with E-state index in [9.17, 15) is 5.11 Å². The van der Waals surface area contributed by atoms with Gasteiger partial charge in [0.05, 0.1) is 18.5 Å². The van der Waals surface area contributed by atoms with Gasteiger partial charge in [0, 0.05) is 12.3 Å². The monoisotopic (exact) mass is 330 g/mol. The fraction of sp³-hybridized carbons (Fsp3) is 0.526. The average molecular weight is 330 g/mol. The summed E-state index contributed by atoms with van der Waals surface area (Å²) in [5, 5.41) is 10.6. The van der Waals surface area contributed by atoms with Crippen LogP contribution in [0.5, 0.6) is 0 Å². The number of thioether (sulfide) groups is 1. The van der Waals surface area contributed by atoms with Crippen LogP contribution in [0.2, 0.25) is 0 Å². The molecule has 1 aliphatic rings. The predicted molar refractivity (Wildman–Crippen MR) is 95.5 cm³/mol. The lowest BCUT2D eigenvalue weighted by atomic mass is 9.89. The summed E-state index contributed by atoms with van der Waals surface area (Å²) in [7, 11) is 0. The molecule has 23 heavy (non-hydrogen) atoms. The SMILES string of the molecule is Cc1ccc(CSc2ncc(CO)n2CC2CCCCC2)cc1. The Balaban J connectivity index is 1.68. The van der Waals surface area contributed by atoms with Gasteiger partial charge in [-0.25, -0.2) is 4.98 Å². The third-order valence-corrected chi connectivity index (χ3v) is 5.78. The Morgan fingerprint density at radius 1 is 1.17 bits per heavy atom. The molecule has 2 aromatic rings. The van der Waals surface area contributed by atoms with E-state index in [0.29, 0.717) is 0 Å². The molecule has 1 aliphatic carbocycles. The van der Waals surface area contributed by atoms with Gasteiger partial charge in [-0.05, 0) is 31.2 Å². The lowest BCUT2D eigenvalue weighted by molar-refractivity contribution is 0.255. The minimum atomic E-state index is 0.0742. The zero-order valence-corrected chi connectivity index (χ0v) is 14.7. The van der Waals surface area contributed by atoms with E-state index < -0.39 is 0 Å². The van der Waals surface area contributed by atoms with E-state index in [1.54, 1.807) is 11.8 Å². The van der Waals surface area contributed by atoms with Crippen LogP contribution in [0.15, 0.2) is 35.6 Å². The van der Waals surface area contributed by atoms with Crippen LogP contribution in [0.4, 0.5) is 0 Å². The smallest absolute Gasteiger partial charge is 0.168 e. The van der Waals surface area contributed by atoms with Crippen LogP contribution in [-0.2, 0) is 18.9 Å². The quantitative estimate of drug-likeness (QED) is 0.789. The summed E-state index contributed by atoms with van der Waals surface area (Å²) in [6, 6.07) is 8.68. The average Bonchev–Trinajstić information content (AvgIpc) is 2.97. The Morgan fingerprint density at radius 3 is 2.61 bits per heavy atom. The van der Waals surface area contributed by atoms with Gasteiger partial charge in [0.2, 0.25) is 0 Å². The maximum absolute atomic E-state index is 9.61. The number of rotatable bonds is 6. The van der Waals surface area contributed by atoms with Crippen LogP contribution >= 0.6 is 11.8 Å². The Labute approximate surface area is 143 Å². The fourth-order valence-corrected chi connectivity index (χ4v) is 4.25. The molecular weight excluding hydrogens is 304 g/mol. The minimum Gasteiger partial charge on any atom is -0.390 e. The molecule has 0 bridgehead atoms. The minimum absolute atomic E-state index is 0.0742. The van der Waals surface area contributed by atoms with E-state index >= 15 is 0 Å². The largest absolute Gasteiger partial charge is 0.390 e. The number of imidazole rings is 1. The van der Waals surface area contributed by atoms with E-state index in [0.717, 1.165) is 29.1 Å². The Kier molecular flexibility index (Phi) is 5.79. The molecule has 1 heterocycles. The Bertz CT molecular complexity index is 615. The number of hydrogen-bond acceptors (Lipinski definition) is 3. The van der Waals surface area contributed by atoms with Crippen molar-refractivity contribution < 1.29 is 5.11 Å². The number of aryl methyl sites for hydroxylation is 1. The molecular formula is C19H26N2OS. The molecule has 3 rings (SSSR count). The molecule has 0 saturated heterocycles. The molecule has 1 saturated carbocycles. The van der Waals surface area contributed by atoms with E-state index in [2.05, 4.69) is 40.7 Å². The van der Waals surface area contributed by atoms with Crippen LogP contribution in [0.1, 0.15) is 48.9 Å². The third kappa shape index (κ3) is 4.39. The van der Waals surface area contributed by atoms with Crippen molar-refractivity contribution in [2.45, 2.75) is 63.1 Å². The molecule has 1 N–H and O–H groups in total. The Hall–Kier alpha value is -1.26. The topological polar surface area (TPSA) is 38.1 Å². The maximum atomic E-state index is 9.61. The highest BCUT2D eigenvalue weighted by atomic mass is 32.2. The zero-order chi connectivity index (χ0) is 16.1. The third-order valence-electron chi connectivity index (χ3n) is 4.72. The summed E-state index contributed by atoms with van der Waals surface area (Å²) in [4.78, 5) is 4.55.